The molecule has 212 valence electrons. The fraction of sp³-hybridized carbons (Fsp3) is 0.259. The lowest BCUT2D eigenvalue weighted by Crippen LogP contribution is -2.21. The van der Waals surface area contributed by atoms with Gasteiger partial charge in [0.25, 0.3) is 0 Å². The molecule has 0 atom stereocenters. The lowest BCUT2D eigenvalue weighted by molar-refractivity contribution is -0.192. The van der Waals surface area contributed by atoms with E-state index < -0.39 is 12.1 Å². The number of carboxylic acid groups (broad SMARTS) is 1. The van der Waals surface area contributed by atoms with Gasteiger partial charge in [-0.3, -0.25) is 9.98 Å². The number of aromatic hydroxyl groups is 1. The number of para-hydroxylation sites is 1. The van der Waals surface area contributed by atoms with Crippen LogP contribution in [0.1, 0.15) is 37.6 Å². The predicted molar refractivity (Wildman–Crippen MR) is 153 cm³/mol. The summed E-state index contributed by atoms with van der Waals surface area (Å²) < 4.78 is 31.7. The summed E-state index contributed by atoms with van der Waals surface area (Å²) in [5, 5.41) is 23.9. The number of nitrogens with zero attached hydrogens (tertiary/aromatic N) is 3. The molecule has 3 N–H and O–H groups in total. The molecule has 3 aromatic rings. The first kappa shape index (κ1) is 31.1. The summed E-state index contributed by atoms with van der Waals surface area (Å²) in [5.74, 6) is -2.82. The molecular formula is C27H25Cl2F3N4O3S. The fourth-order valence-electron chi connectivity index (χ4n) is 3.24. The van der Waals surface area contributed by atoms with E-state index in [2.05, 4.69) is 36.1 Å². The molecule has 0 fully saturated rings. The zero-order chi connectivity index (χ0) is 29.7. The van der Waals surface area contributed by atoms with Crippen LogP contribution >= 0.6 is 34.5 Å². The lowest BCUT2D eigenvalue weighted by atomic mass is 9.92. The number of thiazole rings is 1. The highest BCUT2D eigenvalue weighted by atomic mass is 35.5. The summed E-state index contributed by atoms with van der Waals surface area (Å²) in [7, 11) is 0. The van der Waals surface area contributed by atoms with Gasteiger partial charge in [0, 0.05) is 18.3 Å². The van der Waals surface area contributed by atoms with E-state index in [1.807, 2.05) is 30.4 Å². The molecule has 0 saturated carbocycles. The Morgan fingerprint density at radius 1 is 1.15 bits per heavy atom. The maximum absolute atomic E-state index is 10.6. The number of halogens is 5. The number of benzene rings is 2. The second-order valence-corrected chi connectivity index (χ2v) is 11.5. The molecule has 0 unspecified atom stereocenters. The second-order valence-electron chi connectivity index (χ2n) is 9.67. The molecule has 1 aliphatic rings. The van der Waals surface area contributed by atoms with Gasteiger partial charge in [0.05, 0.1) is 31.7 Å². The Hall–Kier alpha value is -3.41. The zero-order valence-corrected chi connectivity index (χ0v) is 23.9. The summed E-state index contributed by atoms with van der Waals surface area (Å²) in [6.45, 7) is 7.39. The Bertz CT molecular complexity index is 1560. The molecular weight excluding hydrogens is 588 g/mol. The molecule has 7 nitrogen and oxygen atoms in total. The van der Waals surface area contributed by atoms with Gasteiger partial charge < -0.3 is 15.5 Å². The minimum Gasteiger partial charge on any atom is -0.492 e. The highest BCUT2D eigenvalue weighted by molar-refractivity contribution is 7.16. The number of aliphatic carboxylic acids is 1. The van der Waals surface area contributed by atoms with Crippen molar-refractivity contribution in [2.24, 2.45) is 15.4 Å². The molecule has 0 bridgehead atoms. The molecule has 13 heteroatoms. The van der Waals surface area contributed by atoms with Crippen LogP contribution in [0.25, 0.3) is 6.08 Å². The minimum atomic E-state index is -5.08. The van der Waals surface area contributed by atoms with Crippen molar-refractivity contribution in [1.29, 1.82) is 0 Å². The number of carbonyl (C=O) groups is 1. The first-order valence-electron chi connectivity index (χ1n) is 11.8. The van der Waals surface area contributed by atoms with E-state index >= 15 is 0 Å². The quantitative estimate of drug-likeness (QED) is 0.296. The van der Waals surface area contributed by atoms with Gasteiger partial charge in [-0.15, -0.1) is 0 Å². The van der Waals surface area contributed by atoms with Gasteiger partial charge >= 0.3 is 12.1 Å². The molecule has 0 amide bonds. The molecule has 2 aromatic carbocycles. The smallest absolute Gasteiger partial charge is 0.490 e. The standard InChI is InChI=1S/C25H24Cl2N4OS.C2HF3O2/c1-25(2,3)10-12-29-20-9-11-28-19-8-7-15(13-16(19)20)14-21-23(32)31-24(33-21)30-22-17(26)5-4-6-18(22)27;3-2(4,5)1(6)7/h4-9,11,13-14,32H,10,12H2,1-3H3,(H,30,31);(H,6,7)/b15-14+,29-20?;. The van der Waals surface area contributed by atoms with E-state index in [4.69, 9.17) is 38.1 Å². The first-order valence-corrected chi connectivity index (χ1v) is 13.3. The fourth-order valence-corrected chi connectivity index (χ4v) is 4.55. The molecule has 0 aliphatic carbocycles. The van der Waals surface area contributed by atoms with E-state index in [-0.39, 0.29) is 11.3 Å². The Morgan fingerprint density at radius 3 is 2.40 bits per heavy atom. The van der Waals surface area contributed by atoms with Gasteiger partial charge in [0.15, 0.2) is 5.13 Å². The molecule has 0 spiro atoms. The number of aliphatic imine (C=N–C) groups is 1. The van der Waals surface area contributed by atoms with E-state index in [9.17, 15) is 18.3 Å². The van der Waals surface area contributed by atoms with E-state index in [0.29, 0.717) is 25.7 Å². The van der Waals surface area contributed by atoms with Crippen molar-refractivity contribution in [2.45, 2.75) is 33.4 Å². The Labute approximate surface area is 242 Å². The summed E-state index contributed by atoms with van der Waals surface area (Å²) >= 11 is 13.8. The van der Waals surface area contributed by atoms with Gasteiger partial charge in [-0.05, 0) is 53.5 Å². The van der Waals surface area contributed by atoms with E-state index in [0.717, 1.165) is 34.8 Å². The minimum absolute atomic E-state index is 0.0629. The normalized spacial score (nSPS) is 14.3. The Kier molecular flexibility index (Phi) is 9.99. The number of carboxylic acids is 1. The number of alkyl halides is 3. The monoisotopic (exact) mass is 612 g/mol. The average Bonchev–Trinajstić information content (AvgIpc) is 3.19. The number of anilines is 2. The van der Waals surface area contributed by atoms with Crippen molar-refractivity contribution in [3.05, 3.63) is 79.7 Å². The summed E-state index contributed by atoms with van der Waals surface area (Å²) in [6.07, 6.45) is 1.53. The van der Waals surface area contributed by atoms with Crippen LogP contribution in [-0.2, 0) is 4.79 Å². The van der Waals surface area contributed by atoms with Crippen molar-refractivity contribution in [3.8, 4) is 5.88 Å². The summed E-state index contributed by atoms with van der Waals surface area (Å²) in [6, 6.07) is 11.2. The van der Waals surface area contributed by atoms with Gasteiger partial charge in [0.2, 0.25) is 5.88 Å². The van der Waals surface area contributed by atoms with Crippen LogP contribution in [0.2, 0.25) is 10.0 Å². The number of hydrogen-bond donors (Lipinski definition) is 3. The van der Waals surface area contributed by atoms with Crippen LogP contribution in [0.5, 0.6) is 5.88 Å². The molecule has 40 heavy (non-hydrogen) atoms. The van der Waals surface area contributed by atoms with Crippen molar-refractivity contribution < 1.29 is 28.2 Å². The number of hydrogen-bond acceptors (Lipinski definition) is 7. The highest BCUT2D eigenvalue weighted by Crippen LogP contribution is 2.36. The number of rotatable bonds is 5. The van der Waals surface area contributed by atoms with E-state index in [1.165, 1.54) is 11.3 Å². The van der Waals surface area contributed by atoms with Crippen LogP contribution in [-0.4, -0.2) is 39.6 Å². The zero-order valence-electron chi connectivity index (χ0n) is 21.6. The predicted octanol–water partition coefficient (Wildman–Crippen LogP) is 6.73. The van der Waals surface area contributed by atoms with Gasteiger partial charge in [-0.25, -0.2) is 4.79 Å². The van der Waals surface area contributed by atoms with Crippen molar-refractivity contribution >= 4 is 63.1 Å². The van der Waals surface area contributed by atoms with Crippen LogP contribution in [0.4, 0.5) is 24.0 Å². The molecule has 2 heterocycles. The Morgan fingerprint density at radius 2 is 1.80 bits per heavy atom. The second kappa shape index (κ2) is 12.8. The average molecular weight is 613 g/mol. The van der Waals surface area contributed by atoms with Crippen LogP contribution in [0.3, 0.4) is 0 Å². The van der Waals surface area contributed by atoms with Crippen LogP contribution in [0.15, 0.2) is 58.7 Å². The third kappa shape index (κ3) is 8.80. The van der Waals surface area contributed by atoms with Crippen LogP contribution in [0, 0.1) is 5.41 Å². The molecule has 4 rings (SSSR count). The molecule has 0 radical (unpaired) electrons. The Balaban J connectivity index is 0.000000559. The van der Waals surface area contributed by atoms with Gasteiger partial charge in [-0.2, -0.15) is 18.2 Å². The molecule has 1 aromatic heterocycles. The molecule has 0 saturated heterocycles. The number of fused-ring (bicyclic) bond motifs is 1. The largest absolute Gasteiger partial charge is 0.492 e. The van der Waals surface area contributed by atoms with Crippen molar-refractivity contribution in [2.75, 3.05) is 11.9 Å². The van der Waals surface area contributed by atoms with Crippen molar-refractivity contribution in [3.63, 3.8) is 0 Å². The maximum atomic E-state index is 10.6. The third-order valence-corrected chi connectivity index (χ3v) is 6.79. The van der Waals surface area contributed by atoms with E-state index in [1.54, 1.807) is 24.4 Å². The van der Waals surface area contributed by atoms with Crippen LogP contribution < -0.4 is 15.9 Å². The number of nitrogens with one attached hydrogen (secondary N) is 1. The SMILES string of the molecule is CC(C)(C)CCN=C1C=CN=c2cc/c(=C\c3sc(Nc4c(Cl)cccc4Cl)nc3O)cc21.O=C(O)C(F)(F)F. The maximum Gasteiger partial charge on any atom is 0.490 e. The van der Waals surface area contributed by atoms with Gasteiger partial charge in [-0.1, -0.05) is 67.4 Å². The number of aromatic nitrogens is 1. The summed E-state index contributed by atoms with van der Waals surface area (Å²) in [5.41, 5.74) is 2.68. The molecule has 1 aliphatic heterocycles. The van der Waals surface area contributed by atoms with Gasteiger partial charge in [0.1, 0.15) is 0 Å². The van der Waals surface area contributed by atoms with Crippen molar-refractivity contribution in [1.82, 2.24) is 4.98 Å². The highest BCUT2D eigenvalue weighted by Gasteiger charge is 2.38. The first-order chi connectivity index (χ1) is 18.6. The topological polar surface area (TPSA) is 107 Å². The number of allylic oxidation sites excluding steroid dienone is 1. The lowest BCUT2D eigenvalue weighted by Gasteiger charge is -2.16. The third-order valence-electron chi connectivity index (χ3n) is 5.26. The summed E-state index contributed by atoms with van der Waals surface area (Å²) in [4.78, 5) is 23.0.